The van der Waals surface area contributed by atoms with Crippen LogP contribution in [0.15, 0.2) is 0 Å². The second-order valence-corrected chi connectivity index (χ2v) is 4.15. The number of nitrogens with zero attached hydrogens (tertiary/aromatic N) is 2. The smallest absolute Gasteiger partial charge is 0.299 e. The second-order valence-electron chi connectivity index (χ2n) is 2.52. The van der Waals surface area contributed by atoms with E-state index in [4.69, 9.17) is 11.6 Å². The third-order valence-electron chi connectivity index (χ3n) is 1.26. The van der Waals surface area contributed by atoms with Crippen LogP contribution in [0.1, 0.15) is 11.9 Å². The first-order chi connectivity index (χ1) is 6.80. The van der Waals surface area contributed by atoms with Crippen molar-refractivity contribution in [3.05, 3.63) is 5.01 Å². The monoisotopic (exact) mass is 259 g/mol. The van der Waals surface area contributed by atoms with Crippen molar-refractivity contribution in [2.24, 2.45) is 0 Å². The predicted octanol–water partition coefficient (Wildman–Crippen LogP) is 2.12. The molecule has 4 nitrogen and oxygen atoms in total. The predicted molar refractivity (Wildman–Crippen MR) is 48.9 cm³/mol. The molecule has 84 valence electrons. The molecule has 0 aliphatic carbocycles. The molecule has 0 aromatic carbocycles. The maximum absolute atomic E-state index is 12.1. The summed E-state index contributed by atoms with van der Waals surface area (Å²) in [7, 11) is 0. The second kappa shape index (κ2) is 4.31. The zero-order chi connectivity index (χ0) is 11.6. The number of hydrogen-bond donors (Lipinski definition) is 1. The Hall–Kier alpha value is -0.890. The van der Waals surface area contributed by atoms with Crippen molar-refractivity contribution in [2.45, 2.75) is 18.5 Å². The molecule has 1 N–H and O–H groups in total. The molecule has 0 fully saturated rings. The van der Waals surface area contributed by atoms with E-state index in [1.54, 1.807) is 0 Å². The number of aromatic nitrogens is 2. The van der Waals surface area contributed by atoms with E-state index in [-0.39, 0.29) is 16.5 Å². The average Bonchev–Trinajstić information content (AvgIpc) is 2.51. The Bertz CT molecular complexity index is 365. The van der Waals surface area contributed by atoms with Crippen molar-refractivity contribution in [1.82, 2.24) is 10.2 Å². The summed E-state index contributed by atoms with van der Waals surface area (Å²) in [6.45, 7) is 1.39. The van der Waals surface area contributed by atoms with E-state index in [0.29, 0.717) is 0 Å². The molecule has 0 spiro atoms. The number of amides is 1. The van der Waals surface area contributed by atoms with Gasteiger partial charge in [0.05, 0.1) is 0 Å². The zero-order valence-electron chi connectivity index (χ0n) is 7.30. The summed E-state index contributed by atoms with van der Waals surface area (Å²) < 4.78 is 36.2. The van der Waals surface area contributed by atoms with E-state index in [1.807, 2.05) is 0 Å². The third-order valence-corrected chi connectivity index (χ3v) is 2.34. The van der Waals surface area contributed by atoms with E-state index in [1.165, 1.54) is 6.92 Å². The number of carbonyl (C=O) groups excluding carboxylic acids is 1. The van der Waals surface area contributed by atoms with Crippen LogP contribution in [0.2, 0.25) is 0 Å². The fourth-order valence-electron chi connectivity index (χ4n) is 0.593. The molecule has 9 heteroatoms. The number of hydrogen-bond acceptors (Lipinski definition) is 4. The minimum absolute atomic E-state index is 0.222. The standard InChI is InChI=1S/C6H5ClF3N3OS/c1-2(7)3(14)11-5-13-12-4(15-5)6(8,9)10/h2H,1H3,(H,11,13,14)/t2-/m1/s1. The quantitative estimate of drug-likeness (QED) is 0.828. The van der Waals surface area contributed by atoms with Crippen LogP contribution in [-0.4, -0.2) is 21.5 Å². The number of rotatable bonds is 2. The van der Waals surface area contributed by atoms with E-state index in [2.05, 4.69) is 15.5 Å². The molecule has 1 amide bonds. The van der Waals surface area contributed by atoms with E-state index >= 15 is 0 Å². The molecule has 0 radical (unpaired) electrons. The van der Waals surface area contributed by atoms with Gasteiger partial charge in [-0.1, -0.05) is 11.3 Å². The molecule has 1 heterocycles. The molecular formula is C6H5ClF3N3OS. The largest absolute Gasteiger partial charge is 0.445 e. The van der Waals surface area contributed by atoms with Gasteiger partial charge in [-0.05, 0) is 6.92 Å². The van der Waals surface area contributed by atoms with Crippen LogP contribution in [-0.2, 0) is 11.0 Å². The normalized spacial score (nSPS) is 13.7. The number of nitrogens with one attached hydrogen (secondary N) is 1. The minimum atomic E-state index is -4.55. The molecule has 0 unspecified atom stereocenters. The van der Waals surface area contributed by atoms with Crippen LogP contribution >= 0.6 is 22.9 Å². The van der Waals surface area contributed by atoms with Gasteiger partial charge in [-0.2, -0.15) is 13.2 Å². The van der Waals surface area contributed by atoms with Crippen LogP contribution in [0.25, 0.3) is 0 Å². The van der Waals surface area contributed by atoms with Crippen molar-refractivity contribution in [3.63, 3.8) is 0 Å². The highest BCUT2D eigenvalue weighted by Crippen LogP contribution is 2.32. The van der Waals surface area contributed by atoms with Crippen LogP contribution in [0.3, 0.4) is 0 Å². The molecule has 1 aromatic rings. The highest BCUT2D eigenvalue weighted by Gasteiger charge is 2.35. The fraction of sp³-hybridized carbons (Fsp3) is 0.500. The summed E-state index contributed by atoms with van der Waals surface area (Å²) in [5.74, 6) is -0.624. The molecule has 0 aliphatic heterocycles. The maximum atomic E-state index is 12.1. The Kier molecular flexibility index (Phi) is 3.50. The minimum Gasteiger partial charge on any atom is -0.299 e. The molecular weight excluding hydrogens is 255 g/mol. The van der Waals surface area contributed by atoms with Crippen LogP contribution in [0.5, 0.6) is 0 Å². The molecule has 1 atom stereocenters. The number of carbonyl (C=O) groups is 1. The first-order valence-corrected chi connectivity index (χ1v) is 4.91. The number of anilines is 1. The first-order valence-electron chi connectivity index (χ1n) is 3.66. The maximum Gasteiger partial charge on any atom is 0.445 e. The lowest BCUT2D eigenvalue weighted by Gasteiger charge is -2.01. The zero-order valence-corrected chi connectivity index (χ0v) is 8.87. The number of halogens is 4. The number of alkyl halides is 4. The van der Waals surface area contributed by atoms with Gasteiger partial charge in [-0.3, -0.25) is 10.1 Å². The Morgan fingerprint density at radius 2 is 2.13 bits per heavy atom. The summed E-state index contributed by atoms with van der Waals surface area (Å²) in [6, 6.07) is 0. The average molecular weight is 260 g/mol. The summed E-state index contributed by atoms with van der Waals surface area (Å²) >= 11 is 5.64. The van der Waals surface area contributed by atoms with Crippen molar-refractivity contribution in [1.29, 1.82) is 0 Å². The molecule has 0 saturated carbocycles. The first kappa shape index (κ1) is 12.2. The van der Waals surface area contributed by atoms with Gasteiger partial charge in [0.25, 0.3) is 0 Å². The van der Waals surface area contributed by atoms with Gasteiger partial charge in [0.15, 0.2) is 0 Å². The topological polar surface area (TPSA) is 54.9 Å². The van der Waals surface area contributed by atoms with Crippen LogP contribution < -0.4 is 5.32 Å². The van der Waals surface area contributed by atoms with Crippen molar-refractivity contribution >= 4 is 34.0 Å². The van der Waals surface area contributed by atoms with E-state index < -0.39 is 22.5 Å². The Balaban J connectivity index is 2.73. The van der Waals surface area contributed by atoms with E-state index in [0.717, 1.165) is 0 Å². The summed E-state index contributed by atoms with van der Waals surface area (Å²) in [5, 5.41) is 5.98. The fourth-order valence-corrected chi connectivity index (χ4v) is 1.26. The van der Waals surface area contributed by atoms with Gasteiger partial charge in [-0.25, -0.2) is 0 Å². The van der Waals surface area contributed by atoms with Gasteiger partial charge in [-0.15, -0.1) is 21.8 Å². The lowest BCUT2D eigenvalue weighted by Crippen LogP contribution is -2.20. The Labute approximate surface area is 91.5 Å². The molecule has 0 saturated heterocycles. The summed E-state index contributed by atoms with van der Waals surface area (Å²) in [4.78, 5) is 11.0. The molecule has 1 aromatic heterocycles. The molecule has 0 bridgehead atoms. The molecule has 15 heavy (non-hydrogen) atoms. The highest BCUT2D eigenvalue weighted by atomic mass is 35.5. The van der Waals surface area contributed by atoms with Crippen molar-refractivity contribution < 1.29 is 18.0 Å². The van der Waals surface area contributed by atoms with Gasteiger partial charge in [0, 0.05) is 0 Å². The lowest BCUT2D eigenvalue weighted by atomic mass is 10.4. The van der Waals surface area contributed by atoms with E-state index in [9.17, 15) is 18.0 Å². The van der Waals surface area contributed by atoms with Crippen LogP contribution in [0.4, 0.5) is 18.3 Å². The van der Waals surface area contributed by atoms with Crippen LogP contribution in [0, 0.1) is 0 Å². The molecule has 1 rings (SSSR count). The third kappa shape index (κ3) is 3.31. The SMILES string of the molecule is C[C@@H](Cl)C(=O)Nc1nnc(C(F)(F)F)s1. The highest BCUT2D eigenvalue weighted by molar-refractivity contribution is 7.15. The summed E-state index contributed by atoms with van der Waals surface area (Å²) in [6.07, 6.45) is -4.55. The van der Waals surface area contributed by atoms with Gasteiger partial charge < -0.3 is 0 Å². The Morgan fingerprint density at radius 3 is 2.53 bits per heavy atom. The summed E-state index contributed by atoms with van der Waals surface area (Å²) in [5.41, 5.74) is 0. The van der Waals surface area contributed by atoms with Gasteiger partial charge in [0.1, 0.15) is 5.38 Å². The van der Waals surface area contributed by atoms with Gasteiger partial charge >= 0.3 is 6.18 Å². The molecule has 0 aliphatic rings. The van der Waals surface area contributed by atoms with Crippen molar-refractivity contribution in [2.75, 3.05) is 5.32 Å². The van der Waals surface area contributed by atoms with Gasteiger partial charge in [0.2, 0.25) is 16.0 Å². The Morgan fingerprint density at radius 1 is 1.53 bits per heavy atom. The lowest BCUT2D eigenvalue weighted by molar-refractivity contribution is -0.138. The van der Waals surface area contributed by atoms with Crippen molar-refractivity contribution in [3.8, 4) is 0 Å².